The number of nitrogens with one attached hydrogen (secondary N) is 1. The lowest BCUT2D eigenvalue weighted by atomic mass is 9.97. The van der Waals surface area contributed by atoms with Gasteiger partial charge in [0.25, 0.3) is 5.56 Å². The van der Waals surface area contributed by atoms with E-state index in [9.17, 15) is 4.79 Å². The maximum atomic E-state index is 12.2. The zero-order chi connectivity index (χ0) is 15.2. The van der Waals surface area contributed by atoms with Gasteiger partial charge in [-0.3, -0.25) is 4.79 Å². The highest BCUT2D eigenvalue weighted by molar-refractivity contribution is 6.33. The van der Waals surface area contributed by atoms with Crippen molar-refractivity contribution in [1.82, 2.24) is 15.1 Å². The van der Waals surface area contributed by atoms with Crippen LogP contribution in [0, 0.1) is 5.92 Å². The molecule has 1 aromatic rings. The van der Waals surface area contributed by atoms with E-state index in [4.69, 9.17) is 16.3 Å². The lowest BCUT2D eigenvalue weighted by Gasteiger charge is -2.29. The number of hydrogen-bond donors (Lipinski definition) is 1. The monoisotopic (exact) mass is 314 g/mol. The van der Waals surface area contributed by atoms with Gasteiger partial charge in [-0.05, 0) is 31.8 Å². The second-order valence-electron chi connectivity index (χ2n) is 5.44. The van der Waals surface area contributed by atoms with Gasteiger partial charge in [-0.1, -0.05) is 11.6 Å². The molecule has 1 saturated heterocycles. The normalized spacial score (nSPS) is 16.1. The Morgan fingerprint density at radius 1 is 1.52 bits per heavy atom. The van der Waals surface area contributed by atoms with Gasteiger partial charge in [-0.15, -0.1) is 0 Å². The molecule has 6 nitrogen and oxygen atoms in total. The Kier molecular flexibility index (Phi) is 6.02. The van der Waals surface area contributed by atoms with E-state index in [0.29, 0.717) is 24.8 Å². The van der Waals surface area contributed by atoms with Gasteiger partial charge in [0.2, 0.25) is 0 Å². The largest absolute Gasteiger partial charge is 0.383 e. The Labute approximate surface area is 130 Å². The van der Waals surface area contributed by atoms with Crippen molar-refractivity contribution in [2.45, 2.75) is 19.4 Å². The number of hydrogen-bond acceptors (Lipinski definition) is 5. The van der Waals surface area contributed by atoms with Crippen LogP contribution in [0.1, 0.15) is 12.8 Å². The van der Waals surface area contributed by atoms with Gasteiger partial charge in [0.05, 0.1) is 25.0 Å². The molecule has 118 valence electrons. The number of aromatic nitrogens is 2. The quantitative estimate of drug-likeness (QED) is 0.848. The van der Waals surface area contributed by atoms with Crippen LogP contribution in [0.2, 0.25) is 5.02 Å². The number of piperidine rings is 1. The topological polar surface area (TPSA) is 59.4 Å². The maximum absolute atomic E-state index is 12.2. The standard InChI is InChI=1S/C14H23ClN4O2/c1-18(10-11-3-5-16-6-4-11)12-9-17-19(7-8-21-2)14(20)13(12)15/h9,11,16H,3-8,10H2,1-2H3. The molecular weight excluding hydrogens is 292 g/mol. The summed E-state index contributed by atoms with van der Waals surface area (Å²) in [7, 11) is 3.55. The van der Waals surface area contributed by atoms with E-state index in [2.05, 4.69) is 10.4 Å². The molecule has 21 heavy (non-hydrogen) atoms. The van der Waals surface area contributed by atoms with E-state index in [1.165, 1.54) is 4.68 Å². The number of halogens is 1. The SMILES string of the molecule is COCCn1ncc(N(C)CC2CCNCC2)c(Cl)c1=O. The summed E-state index contributed by atoms with van der Waals surface area (Å²) in [6.45, 7) is 3.86. The number of rotatable bonds is 6. The number of ether oxygens (including phenoxy) is 1. The van der Waals surface area contributed by atoms with Gasteiger partial charge in [-0.2, -0.15) is 5.10 Å². The molecular formula is C14H23ClN4O2. The molecule has 0 unspecified atom stereocenters. The average Bonchev–Trinajstić information content (AvgIpc) is 2.49. The van der Waals surface area contributed by atoms with Gasteiger partial charge in [-0.25, -0.2) is 4.68 Å². The van der Waals surface area contributed by atoms with E-state index in [1.54, 1.807) is 13.3 Å². The van der Waals surface area contributed by atoms with Gasteiger partial charge < -0.3 is 15.0 Å². The van der Waals surface area contributed by atoms with Crippen LogP contribution in [0.25, 0.3) is 0 Å². The number of methoxy groups -OCH3 is 1. The second kappa shape index (κ2) is 7.77. The Morgan fingerprint density at radius 2 is 2.24 bits per heavy atom. The van der Waals surface area contributed by atoms with Crippen LogP contribution < -0.4 is 15.8 Å². The predicted molar refractivity (Wildman–Crippen MR) is 84.2 cm³/mol. The fraction of sp³-hybridized carbons (Fsp3) is 0.714. The van der Waals surface area contributed by atoms with Crippen molar-refractivity contribution < 1.29 is 4.74 Å². The second-order valence-corrected chi connectivity index (χ2v) is 5.82. The molecule has 1 N–H and O–H groups in total. The third-order valence-electron chi connectivity index (χ3n) is 3.88. The van der Waals surface area contributed by atoms with Crippen molar-refractivity contribution in [3.8, 4) is 0 Å². The minimum absolute atomic E-state index is 0.234. The average molecular weight is 315 g/mol. The third-order valence-corrected chi connectivity index (χ3v) is 4.23. The summed E-state index contributed by atoms with van der Waals surface area (Å²) < 4.78 is 6.30. The summed E-state index contributed by atoms with van der Waals surface area (Å²) >= 11 is 6.22. The van der Waals surface area contributed by atoms with E-state index in [-0.39, 0.29) is 10.6 Å². The maximum Gasteiger partial charge on any atom is 0.287 e. The summed E-state index contributed by atoms with van der Waals surface area (Å²) in [5.41, 5.74) is 0.442. The molecule has 1 fully saturated rings. The summed E-state index contributed by atoms with van der Waals surface area (Å²) in [6, 6.07) is 0. The summed E-state index contributed by atoms with van der Waals surface area (Å²) in [5, 5.41) is 7.76. The summed E-state index contributed by atoms with van der Waals surface area (Å²) in [6.07, 6.45) is 3.97. The molecule has 7 heteroatoms. The Balaban J connectivity index is 2.08. The molecule has 1 aliphatic heterocycles. The highest BCUT2D eigenvalue weighted by Crippen LogP contribution is 2.22. The van der Waals surface area contributed by atoms with Gasteiger partial charge in [0, 0.05) is 20.7 Å². The van der Waals surface area contributed by atoms with Crippen molar-refractivity contribution in [3.63, 3.8) is 0 Å². The molecule has 0 amide bonds. The van der Waals surface area contributed by atoms with Gasteiger partial charge in [0.1, 0.15) is 5.02 Å². The lowest BCUT2D eigenvalue weighted by Crippen LogP contribution is -2.35. The van der Waals surface area contributed by atoms with Crippen molar-refractivity contribution in [2.24, 2.45) is 5.92 Å². The number of nitrogens with zero attached hydrogens (tertiary/aromatic N) is 3. The predicted octanol–water partition coefficient (Wildman–Crippen LogP) is 0.979. The van der Waals surface area contributed by atoms with E-state index >= 15 is 0 Å². The zero-order valence-electron chi connectivity index (χ0n) is 12.6. The van der Waals surface area contributed by atoms with Crippen LogP contribution >= 0.6 is 11.6 Å². The smallest absolute Gasteiger partial charge is 0.287 e. The molecule has 0 saturated carbocycles. The Bertz CT molecular complexity index is 514. The van der Waals surface area contributed by atoms with Gasteiger partial charge >= 0.3 is 0 Å². The molecule has 0 aromatic carbocycles. The molecule has 0 bridgehead atoms. The molecule has 0 spiro atoms. The third kappa shape index (κ3) is 4.18. The molecule has 0 radical (unpaired) electrons. The number of anilines is 1. The van der Waals surface area contributed by atoms with Crippen LogP contribution in [-0.4, -0.2) is 50.2 Å². The Hall–Kier alpha value is -1.11. The van der Waals surface area contributed by atoms with Crippen LogP contribution in [0.4, 0.5) is 5.69 Å². The molecule has 1 aromatic heterocycles. The van der Waals surface area contributed by atoms with Crippen molar-refractivity contribution >= 4 is 17.3 Å². The van der Waals surface area contributed by atoms with Crippen molar-refractivity contribution in [2.75, 3.05) is 45.3 Å². The van der Waals surface area contributed by atoms with Crippen LogP contribution in [0.15, 0.2) is 11.0 Å². The fourth-order valence-electron chi connectivity index (χ4n) is 2.61. The molecule has 2 rings (SSSR count). The summed E-state index contributed by atoms with van der Waals surface area (Å²) in [4.78, 5) is 14.2. The van der Waals surface area contributed by atoms with Crippen molar-refractivity contribution in [1.29, 1.82) is 0 Å². The highest BCUT2D eigenvalue weighted by Gasteiger charge is 2.18. The lowest BCUT2D eigenvalue weighted by molar-refractivity contribution is 0.182. The minimum Gasteiger partial charge on any atom is -0.383 e. The fourth-order valence-corrected chi connectivity index (χ4v) is 2.90. The molecule has 0 atom stereocenters. The van der Waals surface area contributed by atoms with Crippen LogP contribution in [0.3, 0.4) is 0 Å². The van der Waals surface area contributed by atoms with Gasteiger partial charge in [0.15, 0.2) is 0 Å². The molecule has 2 heterocycles. The minimum atomic E-state index is -0.261. The van der Waals surface area contributed by atoms with E-state index < -0.39 is 0 Å². The molecule has 1 aliphatic rings. The first kappa shape index (κ1) is 16.3. The van der Waals surface area contributed by atoms with Crippen LogP contribution in [-0.2, 0) is 11.3 Å². The zero-order valence-corrected chi connectivity index (χ0v) is 13.4. The van der Waals surface area contributed by atoms with E-state index in [1.807, 2.05) is 11.9 Å². The first-order valence-corrected chi connectivity index (χ1v) is 7.67. The summed E-state index contributed by atoms with van der Waals surface area (Å²) in [5.74, 6) is 0.628. The van der Waals surface area contributed by atoms with Crippen molar-refractivity contribution in [3.05, 3.63) is 21.6 Å². The van der Waals surface area contributed by atoms with E-state index in [0.717, 1.165) is 32.5 Å². The first-order chi connectivity index (χ1) is 10.1. The van der Waals surface area contributed by atoms with Crippen LogP contribution in [0.5, 0.6) is 0 Å². The highest BCUT2D eigenvalue weighted by atomic mass is 35.5. The first-order valence-electron chi connectivity index (χ1n) is 7.30. The Morgan fingerprint density at radius 3 is 2.90 bits per heavy atom. The molecule has 0 aliphatic carbocycles.